The highest BCUT2D eigenvalue weighted by molar-refractivity contribution is 9.18. The second-order valence-corrected chi connectivity index (χ2v) is 7.41. The van der Waals surface area contributed by atoms with Crippen molar-refractivity contribution in [3.8, 4) is 0 Å². The normalized spacial score (nSPS) is 23.2. The van der Waals surface area contributed by atoms with Gasteiger partial charge >= 0.3 is 6.03 Å². The molecule has 0 spiro atoms. The van der Waals surface area contributed by atoms with E-state index < -0.39 is 18.2 Å². The standard InChI is InChI=1S/C14H17BrN6O2S/c1-7-6-8(2)17-13(16-7)24-5-4-21-9-10(18-12(21)15)20(3)14(23)19-11(9)22/h6,9-10H,4-5H2,1-3H3,(H,19,22,23). The van der Waals surface area contributed by atoms with E-state index >= 15 is 0 Å². The van der Waals surface area contributed by atoms with Gasteiger partial charge in [-0.2, -0.15) is 0 Å². The van der Waals surface area contributed by atoms with Crippen molar-refractivity contribution in [3.05, 3.63) is 17.5 Å². The van der Waals surface area contributed by atoms with Crippen molar-refractivity contribution in [3.63, 3.8) is 0 Å². The minimum atomic E-state index is -0.511. The van der Waals surface area contributed by atoms with E-state index in [1.54, 1.807) is 7.05 Å². The molecular weight excluding hydrogens is 396 g/mol. The van der Waals surface area contributed by atoms with Crippen LogP contribution in [0.3, 0.4) is 0 Å². The molecule has 3 heterocycles. The van der Waals surface area contributed by atoms with Crippen molar-refractivity contribution >= 4 is 44.4 Å². The third-order valence-corrected chi connectivity index (χ3v) is 5.32. The number of hydrogen-bond acceptors (Lipinski definition) is 7. The van der Waals surface area contributed by atoms with Crippen molar-refractivity contribution in [1.82, 2.24) is 25.1 Å². The molecule has 24 heavy (non-hydrogen) atoms. The number of carbonyl (C=O) groups excluding carboxylic acids is 2. The number of nitrogens with zero attached hydrogens (tertiary/aromatic N) is 5. The molecule has 1 fully saturated rings. The molecule has 8 nitrogen and oxygen atoms in total. The average Bonchev–Trinajstić information content (AvgIpc) is 2.82. The Morgan fingerprint density at radius 1 is 1.29 bits per heavy atom. The molecule has 2 aliphatic rings. The molecule has 1 N–H and O–H groups in total. The van der Waals surface area contributed by atoms with Crippen molar-refractivity contribution < 1.29 is 9.59 Å². The first kappa shape index (κ1) is 17.2. The van der Waals surface area contributed by atoms with Crippen molar-refractivity contribution in [2.45, 2.75) is 31.2 Å². The zero-order chi connectivity index (χ0) is 17.4. The largest absolute Gasteiger partial charge is 0.334 e. The number of amides is 3. The molecule has 1 aromatic heterocycles. The first-order valence-corrected chi connectivity index (χ1v) is 9.17. The molecule has 0 aromatic carbocycles. The van der Waals surface area contributed by atoms with Crippen LogP contribution in [0.4, 0.5) is 4.79 Å². The van der Waals surface area contributed by atoms with E-state index in [0.717, 1.165) is 16.5 Å². The summed E-state index contributed by atoms with van der Waals surface area (Å²) in [6, 6.07) is 0.991. The number of imide groups is 1. The topological polar surface area (TPSA) is 90.8 Å². The summed E-state index contributed by atoms with van der Waals surface area (Å²) in [4.78, 5) is 40.4. The lowest BCUT2D eigenvalue weighted by molar-refractivity contribution is -0.126. The van der Waals surface area contributed by atoms with E-state index in [1.807, 2.05) is 24.8 Å². The fourth-order valence-electron chi connectivity index (χ4n) is 2.72. The Bertz CT molecular complexity index is 707. The Labute approximate surface area is 152 Å². The van der Waals surface area contributed by atoms with E-state index in [1.165, 1.54) is 16.7 Å². The molecule has 3 rings (SSSR count). The van der Waals surface area contributed by atoms with Gasteiger partial charge in [-0.15, -0.1) is 0 Å². The third kappa shape index (κ3) is 3.25. The zero-order valence-corrected chi connectivity index (χ0v) is 15.9. The molecule has 0 radical (unpaired) electrons. The lowest BCUT2D eigenvalue weighted by Gasteiger charge is -2.35. The van der Waals surface area contributed by atoms with Gasteiger partial charge in [0.15, 0.2) is 22.1 Å². The zero-order valence-electron chi connectivity index (χ0n) is 13.5. The molecule has 128 valence electrons. The molecule has 0 bridgehead atoms. The molecular formula is C14H17BrN6O2S. The van der Waals surface area contributed by atoms with Crippen LogP contribution in [0.2, 0.25) is 0 Å². The first-order chi connectivity index (χ1) is 11.4. The maximum Gasteiger partial charge on any atom is 0.325 e. The second-order valence-electron chi connectivity index (χ2n) is 5.64. The number of thioether (sulfide) groups is 1. The van der Waals surface area contributed by atoms with Crippen molar-refractivity contribution in [1.29, 1.82) is 0 Å². The SMILES string of the molecule is Cc1cc(C)nc(SCCN2C(Br)=NC3C2C(=O)NC(=O)N3C)n1. The lowest BCUT2D eigenvalue weighted by Crippen LogP contribution is -2.63. The number of aromatic nitrogens is 2. The summed E-state index contributed by atoms with van der Waals surface area (Å²) in [7, 11) is 1.63. The number of rotatable bonds is 4. The molecule has 0 saturated carbocycles. The maximum atomic E-state index is 12.2. The van der Waals surface area contributed by atoms with Crippen LogP contribution in [0.5, 0.6) is 0 Å². The highest BCUT2D eigenvalue weighted by Gasteiger charge is 2.47. The van der Waals surface area contributed by atoms with Gasteiger partial charge in [-0.25, -0.2) is 19.8 Å². The molecule has 2 unspecified atom stereocenters. The third-order valence-electron chi connectivity index (χ3n) is 3.84. The minimum Gasteiger partial charge on any atom is -0.334 e. The summed E-state index contributed by atoms with van der Waals surface area (Å²) in [5.74, 6) is 0.371. The number of carbonyl (C=O) groups is 2. The highest BCUT2D eigenvalue weighted by atomic mass is 79.9. The number of aliphatic imine (C=N–C) groups is 1. The molecule has 10 heteroatoms. The van der Waals surface area contributed by atoms with Gasteiger partial charge in [0.2, 0.25) is 0 Å². The molecule has 1 aromatic rings. The van der Waals surface area contributed by atoms with Gasteiger partial charge in [0, 0.05) is 30.7 Å². The Morgan fingerprint density at radius 3 is 2.62 bits per heavy atom. The van der Waals surface area contributed by atoms with Gasteiger partial charge in [0.05, 0.1) is 0 Å². The summed E-state index contributed by atoms with van der Waals surface area (Å²) in [5, 5.41) is 3.07. The number of hydrogen-bond donors (Lipinski definition) is 1. The summed E-state index contributed by atoms with van der Waals surface area (Å²) < 4.78 is 0.580. The fourth-order valence-corrected chi connectivity index (χ4v) is 4.21. The number of aryl methyl sites for hydroxylation is 2. The monoisotopic (exact) mass is 412 g/mol. The highest BCUT2D eigenvalue weighted by Crippen LogP contribution is 2.26. The van der Waals surface area contributed by atoms with Crippen LogP contribution in [0.15, 0.2) is 16.2 Å². The van der Waals surface area contributed by atoms with Gasteiger partial charge < -0.3 is 9.80 Å². The summed E-state index contributed by atoms with van der Waals surface area (Å²) >= 11 is 4.92. The smallest absolute Gasteiger partial charge is 0.325 e. The molecule has 0 aliphatic carbocycles. The number of amidine groups is 1. The van der Waals surface area contributed by atoms with Crippen LogP contribution in [-0.4, -0.2) is 68.0 Å². The maximum absolute atomic E-state index is 12.2. The van der Waals surface area contributed by atoms with Gasteiger partial charge in [-0.1, -0.05) is 11.8 Å². The molecule has 2 atom stereocenters. The van der Waals surface area contributed by atoms with Gasteiger partial charge in [0.1, 0.15) is 0 Å². The van der Waals surface area contributed by atoms with Crippen LogP contribution in [0, 0.1) is 13.8 Å². The van der Waals surface area contributed by atoms with Gasteiger partial charge in [0.25, 0.3) is 5.91 Å². The van der Waals surface area contributed by atoms with Crippen LogP contribution in [0.1, 0.15) is 11.4 Å². The fraction of sp³-hybridized carbons (Fsp3) is 0.500. The first-order valence-electron chi connectivity index (χ1n) is 7.39. The van der Waals surface area contributed by atoms with Gasteiger partial charge in [-0.3, -0.25) is 10.1 Å². The number of likely N-dealkylation sites (N-methyl/N-ethyl adjacent to an activating group) is 1. The summed E-state index contributed by atoms with van der Waals surface area (Å²) in [5.41, 5.74) is 1.86. The number of fused-ring (bicyclic) bond motifs is 1. The van der Waals surface area contributed by atoms with E-state index in [-0.39, 0.29) is 5.91 Å². The van der Waals surface area contributed by atoms with E-state index in [4.69, 9.17) is 0 Å². The van der Waals surface area contributed by atoms with E-state index in [2.05, 4.69) is 36.2 Å². The Kier molecular flexibility index (Phi) is 4.77. The number of halogens is 1. The summed E-state index contributed by atoms with van der Waals surface area (Å²) in [6.45, 7) is 4.46. The Hall–Kier alpha value is -1.68. The lowest BCUT2D eigenvalue weighted by atomic mass is 10.1. The molecule has 3 amide bonds. The predicted molar refractivity (Wildman–Crippen MR) is 94.2 cm³/mol. The molecule has 1 saturated heterocycles. The Balaban J connectivity index is 1.66. The summed E-state index contributed by atoms with van der Waals surface area (Å²) in [6.07, 6.45) is -0.497. The van der Waals surface area contributed by atoms with Crippen molar-refractivity contribution in [2.24, 2.45) is 4.99 Å². The second kappa shape index (κ2) is 6.67. The molecule has 2 aliphatic heterocycles. The van der Waals surface area contributed by atoms with E-state index in [9.17, 15) is 9.59 Å². The minimum absolute atomic E-state index is 0.325. The number of nitrogens with one attached hydrogen (secondary N) is 1. The van der Waals surface area contributed by atoms with E-state index in [0.29, 0.717) is 17.0 Å². The Morgan fingerprint density at radius 2 is 1.96 bits per heavy atom. The van der Waals surface area contributed by atoms with Crippen molar-refractivity contribution in [2.75, 3.05) is 19.3 Å². The number of urea groups is 1. The van der Waals surface area contributed by atoms with Crippen LogP contribution in [-0.2, 0) is 4.79 Å². The van der Waals surface area contributed by atoms with Crippen LogP contribution in [0.25, 0.3) is 0 Å². The average molecular weight is 413 g/mol. The quantitative estimate of drug-likeness (QED) is 0.452. The van der Waals surface area contributed by atoms with Gasteiger partial charge in [-0.05, 0) is 35.8 Å². The van der Waals surface area contributed by atoms with Crippen LogP contribution < -0.4 is 5.32 Å². The predicted octanol–water partition coefficient (Wildman–Crippen LogP) is 1.13. The van der Waals surface area contributed by atoms with Crippen LogP contribution >= 0.6 is 27.7 Å².